The minimum atomic E-state index is -0.422. The second-order valence-corrected chi connectivity index (χ2v) is 4.76. The molecule has 86 valence electrons. The SMILES string of the molecule is CCSc1cccc(NCC(C)O)c1C#N. The van der Waals surface area contributed by atoms with Crippen LogP contribution < -0.4 is 5.32 Å². The molecule has 0 aliphatic carbocycles. The number of rotatable bonds is 5. The second-order valence-electron chi connectivity index (χ2n) is 3.45. The van der Waals surface area contributed by atoms with Crippen LogP contribution in [0.1, 0.15) is 19.4 Å². The van der Waals surface area contributed by atoms with Gasteiger partial charge < -0.3 is 10.4 Å². The molecule has 0 heterocycles. The van der Waals surface area contributed by atoms with Crippen molar-refractivity contribution >= 4 is 17.4 Å². The summed E-state index contributed by atoms with van der Waals surface area (Å²) in [5, 5.41) is 21.4. The van der Waals surface area contributed by atoms with Gasteiger partial charge in [-0.25, -0.2) is 0 Å². The van der Waals surface area contributed by atoms with E-state index in [0.29, 0.717) is 12.1 Å². The van der Waals surface area contributed by atoms with E-state index in [1.807, 2.05) is 18.2 Å². The average Bonchev–Trinajstić information content (AvgIpc) is 2.27. The number of nitrogens with one attached hydrogen (secondary N) is 1. The molecule has 1 aromatic rings. The molecule has 1 unspecified atom stereocenters. The van der Waals surface area contributed by atoms with Crippen molar-refractivity contribution in [1.29, 1.82) is 5.26 Å². The van der Waals surface area contributed by atoms with E-state index in [4.69, 9.17) is 5.26 Å². The monoisotopic (exact) mass is 236 g/mol. The molecular weight excluding hydrogens is 220 g/mol. The molecule has 0 spiro atoms. The summed E-state index contributed by atoms with van der Waals surface area (Å²) in [5.74, 6) is 0.939. The van der Waals surface area contributed by atoms with Crippen LogP contribution in [-0.4, -0.2) is 23.5 Å². The van der Waals surface area contributed by atoms with Crippen molar-refractivity contribution in [1.82, 2.24) is 0 Å². The zero-order valence-corrected chi connectivity index (χ0v) is 10.3. The molecule has 0 aliphatic heterocycles. The van der Waals surface area contributed by atoms with Crippen LogP contribution in [0.15, 0.2) is 23.1 Å². The van der Waals surface area contributed by atoms with Gasteiger partial charge in [0, 0.05) is 11.4 Å². The summed E-state index contributed by atoms with van der Waals surface area (Å²) in [4.78, 5) is 0.987. The molecule has 4 heteroatoms. The smallest absolute Gasteiger partial charge is 0.102 e. The molecule has 3 nitrogen and oxygen atoms in total. The highest BCUT2D eigenvalue weighted by Gasteiger charge is 2.07. The summed E-state index contributed by atoms with van der Waals surface area (Å²) < 4.78 is 0. The predicted molar refractivity (Wildman–Crippen MR) is 67.7 cm³/mol. The molecule has 1 atom stereocenters. The lowest BCUT2D eigenvalue weighted by molar-refractivity contribution is 0.208. The van der Waals surface area contributed by atoms with Crippen LogP contribution in [0.25, 0.3) is 0 Å². The van der Waals surface area contributed by atoms with Crippen molar-refractivity contribution in [3.8, 4) is 6.07 Å². The number of benzene rings is 1. The lowest BCUT2D eigenvalue weighted by atomic mass is 10.2. The van der Waals surface area contributed by atoms with E-state index in [1.165, 1.54) is 0 Å². The summed E-state index contributed by atoms with van der Waals surface area (Å²) >= 11 is 1.65. The number of nitrogens with zero attached hydrogens (tertiary/aromatic N) is 1. The van der Waals surface area contributed by atoms with E-state index in [0.717, 1.165) is 16.3 Å². The minimum Gasteiger partial charge on any atom is -0.392 e. The number of hydrogen-bond acceptors (Lipinski definition) is 4. The highest BCUT2D eigenvalue weighted by atomic mass is 32.2. The summed E-state index contributed by atoms with van der Waals surface area (Å²) in [6.07, 6.45) is -0.422. The first-order chi connectivity index (χ1) is 7.69. The Morgan fingerprint density at radius 3 is 2.88 bits per heavy atom. The van der Waals surface area contributed by atoms with Crippen LogP contribution in [0.4, 0.5) is 5.69 Å². The molecule has 1 rings (SSSR count). The summed E-state index contributed by atoms with van der Waals surface area (Å²) in [6, 6.07) is 7.93. The highest BCUT2D eigenvalue weighted by molar-refractivity contribution is 7.99. The molecule has 2 N–H and O–H groups in total. The van der Waals surface area contributed by atoms with Gasteiger partial charge in [0.15, 0.2) is 0 Å². The summed E-state index contributed by atoms with van der Waals surface area (Å²) in [5.41, 5.74) is 1.46. The first-order valence-corrected chi connectivity index (χ1v) is 6.25. The zero-order chi connectivity index (χ0) is 12.0. The van der Waals surface area contributed by atoms with Gasteiger partial charge in [-0.2, -0.15) is 5.26 Å². The van der Waals surface area contributed by atoms with E-state index >= 15 is 0 Å². The number of anilines is 1. The second kappa shape index (κ2) is 6.41. The molecule has 0 saturated heterocycles. The molecular formula is C12H16N2OS. The maximum atomic E-state index is 9.20. The standard InChI is InChI=1S/C12H16N2OS/c1-3-16-12-6-4-5-11(10(12)7-13)14-8-9(2)15/h4-6,9,14-15H,3,8H2,1-2H3. The zero-order valence-electron chi connectivity index (χ0n) is 9.53. The van der Waals surface area contributed by atoms with Crippen molar-refractivity contribution in [2.75, 3.05) is 17.6 Å². The molecule has 1 aromatic carbocycles. The maximum Gasteiger partial charge on any atom is 0.102 e. The fraction of sp³-hybridized carbons (Fsp3) is 0.417. The number of nitriles is 1. The van der Waals surface area contributed by atoms with Gasteiger partial charge >= 0.3 is 0 Å². The van der Waals surface area contributed by atoms with Crippen molar-refractivity contribution in [3.05, 3.63) is 23.8 Å². The van der Waals surface area contributed by atoms with Crippen LogP contribution in [0, 0.1) is 11.3 Å². The van der Waals surface area contributed by atoms with Crippen LogP contribution in [0.2, 0.25) is 0 Å². The lowest BCUT2D eigenvalue weighted by Crippen LogP contribution is -2.16. The minimum absolute atomic E-state index is 0.422. The van der Waals surface area contributed by atoms with E-state index in [9.17, 15) is 5.11 Å². The predicted octanol–water partition coefficient (Wildman–Crippen LogP) is 2.46. The lowest BCUT2D eigenvalue weighted by Gasteiger charge is -2.12. The number of aliphatic hydroxyl groups excluding tert-OH is 1. The van der Waals surface area contributed by atoms with Gasteiger partial charge in [-0.3, -0.25) is 0 Å². The Hall–Kier alpha value is -1.18. The average molecular weight is 236 g/mol. The maximum absolute atomic E-state index is 9.20. The van der Waals surface area contributed by atoms with Gasteiger partial charge in [-0.15, -0.1) is 11.8 Å². The van der Waals surface area contributed by atoms with E-state index in [2.05, 4.69) is 18.3 Å². The van der Waals surface area contributed by atoms with Crippen molar-refractivity contribution in [2.45, 2.75) is 24.8 Å². The normalized spacial score (nSPS) is 11.9. The van der Waals surface area contributed by atoms with Gasteiger partial charge in [-0.1, -0.05) is 13.0 Å². The summed E-state index contributed by atoms with van der Waals surface area (Å²) in [7, 11) is 0. The number of thioether (sulfide) groups is 1. The third-order valence-electron chi connectivity index (χ3n) is 2.03. The third-order valence-corrected chi connectivity index (χ3v) is 2.97. The first kappa shape index (κ1) is 12.9. The van der Waals surface area contributed by atoms with Gasteiger partial charge in [-0.05, 0) is 24.8 Å². The van der Waals surface area contributed by atoms with Crippen molar-refractivity contribution < 1.29 is 5.11 Å². The van der Waals surface area contributed by atoms with Crippen LogP contribution in [0.3, 0.4) is 0 Å². The van der Waals surface area contributed by atoms with Crippen molar-refractivity contribution in [3.63, 3.8) is 0 Å². The van der Waals surface area contributed by atoms with Gasteiger partial charge in [0.1, 0.15) is 6.07 Å². The Labute approximate surface area is 100 Å². The highest BCUT2D eigenvalue weighted by Crippen LogP contribution is 2.27. The Bertz CT molecular complexity index is 385. The largest absolute Gasteiger partial charge is 0.392 e. The fourth-order valence-electron chi connectivity index (χ4n) is 1.33. The Balaban J connectivity index is 2.91. The molecule has 0 amide bonds. The van der Waals surface area contributed by atoms with Crippen LogP contribution in [-0.2, 0) is 0 Å². The molecule has 0 aliphatic rings. The Kier molecular flexibility index (Phi) is 5.17. The topological polar surface area (TPSA) is 56.0 Å². The van der Waals surface area contributed by atoms with E-state index < -0.39 is 6.10 Å². The number of aliphatic hydroxyl groups is 1. The molecule has 0 bridgehead atoms. The van der Waals surface area contributed by atoms with Gasteiger partial charge in [0.25, 0.3) is 0 Å². The van der Waals surface area contributed by atoms with Gasteiger partial charge in [0.05, 0.1) is 17.4 Å². The summed E-state index contributed by atoms with van der Waals surface area (Å²) in [6.45, 7) is 4.22. The molecule has 0 saturated carbocycles. The Morgan fingerprint density at radius 1 is 1.56 bits per heavy atom. The van der Waals surface area contributed by atoms with E-state index in [1.54, 1.807) is 18.7 Å². The van der Waals surface area contributed by atoms with Crippen LogP contribution >= 0.6 is 11.8 Å². The molecule has 16 heavy (non-hydrogen) atoms. The third kappa shape index (κ3) is 3.44. The molecule has 0 radical (unpaired) electrons. The number of hydrogen-bond donors (Lipinski definition) is 2. The molecule has 0 fully saturated rings. The fourth-order valence-corrected chi connectivity index (χ4v) is 2.11. The van der Waals surface area contributed by atoms with Crippen LogP contribution in [0.5, 0.6) is 0 Å². The Morgan fingerprint density at radius 2 is 2.31 bits per heavy atom. The quantitative estimate of drug-likeness (QED) is 0.771. The first-order valence-electron chi connectivity index (χ1n) is 5.26. The van der Waals surface area contributed by atoms with E-state index in [-0.39, 0.29) is 0 Å². The van der Waals surface area contributed by atoms with Gasteiger partial charge in [0.2, 0.25) is 0 Å². The molecule has 0 aromatic heterocycles. The van der Waals surface area contributed by atoms with Crippen molar-refractivity contribution in [2.24, 2.45) is 0 Å².